The first kappa shape index (κ1) is 29.6. The second-order valence-corrected chi connectivity index (χ2v) is 10.8. The number of esters is 3. The van der Waals surface area contributed by atoms with E-state index in [1.54, 1.807) is 13.1 Å². The zero-order valence-electron chi connectivity index (χ0n) is 21.8. The molecule has 35 heavy (non-hydrogen) atoms. The maximum absolute atomic E-state index is 13.1. The molecule has 0 aromatic rings. The molecule has 0 aromatic carbocycles. The highest BCUT2D eigenvalue weighted by molar-refractivity contribution is 5.85. The van der Waals surface area contributed by atoms with E-state index in [9.17, 15) is 19.5 Å². The minimum Gasteiger partial charge on any atom is -0.468 e. The van der Waals surface area contributed by atoms with Crippen LogP contribution in [0.3, 0.4) is 0 Å². The minimum atomic E-state index is -1.03. The number of aliphatic hydroxyl groups is 1. The summed E-state index contributed by atoms with van der Waals surface area (Å²) in [6.45, 7) is 8.41. The number of carbonyl (C=O) groups excluding carboxylic acids is 3. The van der Waals surface area contributed by atoms with Crippen LogP contribution in [0, 0.1) is 34.5 Å². The molecule has 3 aliphatic carbocycles. The average molecular weight is 516 g/mol. The Morgan fingerprint density at radius 2 is 1.91 bits per heavy atom. The Kier molecular flexibility index (Phi) is 9.81. The van der Waals surface area contributed by atoms with Gasteiger partial charge < -0.3 is 24.6 Å². The number of nitrogens with one attached hydrogen (secondary N) is 1. The van der Waals surface area contributed by atoms with Gasteiger partial charge in [0.1, 0.15) is 18.1 Å². The van der Waals surface area contributed by atoms with E-state index in [4.69, 9.17) is 14.2 Å². The molecule has 0 saturated heterocycles. The fraction of sp³-hybridized carbons (Fsp3) is 0.808. The summed E-state index contributed by atoms with van der Waals surface area (Å²) in [6, 6.07) is 0. The van der Waals surface area contributed by atoms with Crippen molar-refractivity contribution in [2.24, 2.45) is 34.5 Å². The molecule has 0 bridgehead atoms. The Hall–Kier alpha value is -1.64. The van der Waals surface area contributed by atoms with Gasteiger partial charge in [-0.25, -0.2) is 4.79 Å². The van der Waals surface area contributed by atoms with Gasteiger partial charge in [-0.15, -0.1) is 12.4 Å². The summed E-state index contributed by atoms with van der Waals surface area (Å²) in [5.41, 5.74) is -0.243. The first-order valence-corrected chi connectivity index (χ1v) is 12.5. The summed E-state index contributed by atoms with van der Waals surface area (Å²) in [7, 11) is 3.17. The lowest BCUT2D eigenvalue weighted by Crippen LogP contribution is -2.64. The van der Waals surface area contributed by atoms with E-state index in [-0.39, 0.29) is 47.5 Å². The third-order valence-corrected chi connectivity index (χ3v) is 9.11. The van der Waals surface area contributed by atoms with Crippen molar-refractivity contribution in [3.05, 3.63) is 11.6 Å². The van der Waals surface area contributed by atoms with Gasteiger partial charge in [-0.05, 0) is 75.2 Å². The largest absolute Gasteiger partial charge is 0.468 e. The predicted molar refractivity (Wildman–Crippen MR) is 133 cm³/mol. The highest BCUT2D eigenvalue weighted by Crippen LogP contribution is 2.65. The van der Waals surface area contributed by atoms with Crippen molar-refractivity contribution in [1.29, 1.82) is 0 Å². The molecule has 0 spiro atoms. The highest BCUT2D eigenvalue weighted by Gasteiger charge is 2.66. The Bertz CT molecular complexity index is 833. The number of aliphatic hydroxyl groups excluding tert-OH is 1. The number of halogens is 1. The SMILES string of the molecule is CNCCOC(=O)/C=C1\CCC2C(C(O)CC3C2(C)CCC(OC(C)=O)C3(C)C(=O)OC)C1C.Cl. The van der Waals surface area contributed by atoms with E-state index >= 15 is 0 Å². The third-order valence-electron chi connectivity index (χ3n) is 9.11. The van der Waals surface area contributed by atoms with Crippen molar-refractivity contribution in [3.63, 3.8) is 0 Å². The van der Waals surface area contributed by atoms with E-state index in [0.717, 1.165) is 24.8 Å². The van der Waals surface area contributed by atoms with Gasteiger partial charge in [0.25, 0.3) is 0 Å². The maximum atomic E-state index is 13.1. The molecule has 0 aliphatic heterocycles. The van der Waals surface area contributed by atoms with Crippen LogP contribution in [-0.2, 0) is 28.6 Å². The maximum Gasteiger partial charge on any atom is 0.330 e. The first-order chi connectivity index (χ1) is 16.0. The summed E-state index contributed by atoms with van der Waals surface area (Å²) in [4.78, 5) is 37.3. The van der Waals surface area contributed by atoms with Crippen LogP contribution in [0.25, 0.3) is 0 Å². The average Bonchev–Trinajstić information content (AvgIpc) is 2.78. The number of ether oxygens (including phenoxy) is 3. The summed E-state index contributed by atoms with van der Waals surface area (Å²) in [5, 5.41) is 14.3. The molecule has 3 aliphatic rings. The molecule has 8 unspecified atom stereocenters. The quantitative estimate of drug-likeness (QED) is 0.240. The first-order valence-electron chi connectivity index (χ1n) is 12.5. The normalized spacial score (nSPS) is 39.5. The van der Waals surface area contributed by atoms with Crippen LogP contribution in [0.5, 0.6) is 0 Å². The zero-order chi connectivity index (χ0) is 25.3. The molecule has 3 saturated carbocycles. The molecule has 0 radical (unpaired) electrons. The zero-order valence-corrected chi connectivity index (χ0v) is 22.6. The van der Waals surface area contributed by atoms with Crippen LogP contribution < -0.4 is 5.32 Å². The van der Waals surface area contributed by atoms with E-state index in [2.05, 4.69) is 19.2 Å². The Morgan fingerprint density at radius 3 is 2.51 bits per heavy atom. The lowest BCUT2D eigenvalue weighted by Gasteiger charge is -2.63. The van der Waals surface area contributed by atoms with E-state index in [1.165, 1.54) is 14.0 Å². The van der Waals surface area contributed by atoms with Crippen molar-refractivity contribution in [1.82, 2.24) is 5.32 Å². The summed E-state index contributed by atoms with van der Waals surface area (Å²) >= 11 is 0. The molecule has 0 amide bonds. The fourth-order valence-electron chi connectivity index (χ4n) is 7.42. The van der Waals surface area contributed by atoms with Crippen molar-refractivity contribution in [3.8, 4) is 0 Å². The predicted octanol–water partition coefficient (Wildman–Crippen LogP) is 3.05. The lowest BCUT2D eigenvalue weighted by atomic mass is 9.42. The van der Waals surface area contributed by atoms with Crippen molar-refractivity contribution in [2.45, 2.75) is 72.0 Å². The Balaban J connectivity index is 0.00000432. The topological polar surface area (TPSA) is 111 Å². The molecule has 0 aromatic heterocycles. The monoisotopic (exact) mass is 515 g/mol. The van der Waals surface area contributed by atoms with Gasteiger partial charge in [-0.2, -0.15) is 0 Å². The summed E-state index contributed by atoms with van der Waals surface area (Å²) in [6.07, 6.45) is 3.76. The van der Waals surface area contributed by atoms with Crippen molar-refractivity contribution < 1.29 is 33.7 Å². The molecule has 3 rings (SSSR count). The smallest absolute Gasteiger partial charge is 0.330 e. The van der Waals surface area contributed by atoms with Gasteiger partial charge in [0.05, 0.1) is 13.2 Å². The Morgan fingerprint density at radius 1 is 1.23 bits per heavy atom. The second-order valence-electron chi connectivity index (χ2n) is 10.8. The molecule has 2 N–H and O–H groups in total. The van der Waals surface area contributed by atoms with Gasteiger partial charge in [0.2, 0.25) is 0 Å². The van der Waals surface area contributed by atoms with Gasteiger partial charge in [0.15, 0.2) is 0 Å². The lowest BCUT2D eigenvalue weighted by molar-refractivity contribution is -0.218. The van der Waals surface area contributed by atoms with Crippen LogP contribution in [0.15, 0.2) is 11.6 Å². The van der Waals surface area contributed by atoms with Crippen LogP contribution in [-0.4, -0.2) is 62.5 Å². The highest BCUT2D eigenvalue weighted by atomic mass is 35.5. The minimum absolute atomic E-state index is 0. The molecule has 200 valence electrons. The van der Waals surface area contributed by atoms with E-state index < -0.39 is 29.6 Å². The number of methoxy groups -OCH3 is 1. The van der Waals surface area contributed by atoms with E-state index in [0.29, 0.717) is 26.0 Å². The number of allylic oxidation sites excluding steroid dienone is 1. The summed E-state index contributed by atoms with van der Waals surface area (Å²) < 4.78 is 16.1. The number of rotatable bonds is 6. The Labute approximate surface area is 214 Å². The van der Waals surface area contributed by atoms with Gasteiger partial charge in [-0.1, -0.05) is 19.4 Å². The number of hydrogen-bond acceptors (Lipinski definition) is 8. The van der Waals surface area contributed by atoms with Gasteiger partial charge in [0, 0.05) is 19.5 Å². The molecular formula is C26H42ClNO7. The molecule has 9 heteroatoms. The van der Waals surface area contributed by atoms with Crippen LogP contribution in [0.4, 0.5) is 0 Å². The third kappa shape index (κ3) is 5.39. The van der Waals surface area contributed by atoms with Gasteiger partial charge in [-0.3, -0.25) is 9.59 Å². The van der Waals surface area contributed by atoms with Crippen LogP contribution in [0.2, 0.25) is 0 Å². The van der Waals surface area contributed by atoms with E-state index in [1.807, 2.05) is 6.92 Å². The molecule has 8 nitrogen and oxygen atoms in total. The molecule has 0 heterocycles. The molecular weight excluding hydrogens is 474 g/mol. The van der Waals surface area contributed by atoms with Crippen molar-refractivity contribution >= 4 is 30.3 Å². The molecule has 8 atom stereocenters. The van der Waals surface area contributed by atoms with Gasteiger partial charge >= 0.3 is 17.9 Å². The second kappa shape index (κ2) is 11.6. The van der Waals surface area contributed by atoms with Crippen molar-refractivity contribution in [2.75, 3.05) is 27.3 Å². The molecule has 3 fully saturated rings. The van der Waals surface area contributed by atoms with Crippen LogP contribution >= 0.6 is 12.4 Å². The number of likely N-dealkylation sites (N-methyl/N-ethyl adjacent to an activating group) is 1. The standard InChI is InChI=1S/C26H41NO7.ClH/c1-15-17(13-22(30)33-12-11-27-5)7-8-18-23(15)19(29)14-20-25(18,3)10-9-21(34-16(2)28)26(20,4)24(31)32-6;/h13,15,18-21,23,27,29H,7-12,14H2,1-6H3;1H/b17-13+;. The van der Waals surface area contributed by atoms with Crippen LogP contribution in [0.1, 0.15) is 59.8 Å². The number of hydrogen-bond donors (Lipinski definition) is 2. The number of fused-ring (bicyclic) bond motifs is 3. The number of carbonyl (C=O) groups is 3. The fourth-order valence-corrected chi connectivity index (χ4v) is 7.42. The summed E-state index contributed by atoms with van der Waals surface area (Å²) in [5.74, 6) is -1.15.